The third kappa shape index (κ3) is 7.85. The lowest BCUT2D eigenvalue weighted by atomic mass is 9.81. The first-order valence-corrected chi connectivity index (χ1v) is 17.0. The highest BCUT2D eigenvalue weighted by Gasteiger charge is 2.39. The second-order valence-corrected chi connectivity index (χ2v) is 14.1. The fourth-order valence-electron chi connectivity index (χ4n) is 7.37. The van der Waals surface area contributed by atoms with E-state index in [0.717, 1.165) is 72.8 Å². The first-order chi connectivity index (χ1) is 21.6. The Morgan fingerprint density at radius 1 is 0.844 bits per heavy atom. The van der Waals surface area contributed by atoms with Crippen molar-refractivity contribution >= 4 is 11.8 Å². The van der Waals surface area contributed by atoms with Gasteiger partial charge in [0.1, 0.15) is 5.60 Å². The molecule has 240 valence electrons. The second-order valence-electron chi connectivity index (χ2n) is 14.1. The van der Waals surface area contributed by atoms with Crippen molar-refractivity contribution in [3.05, 3.63) is 107 Å². The van der Waals surface area contributed by atoms with E-state index in [1.54, 1.807) is 0 Å². The predicted molar refractivity (Wildman–Crippen MR) is 181 cm³/mol. The van der Waals surface area contributed by atoms with Crippen LogP contribution in [0.5, 0.6) is 0 Å². The van der Waals surface area contributed by atoms with Gasteiger partial charge in [0.2, 0.25) is 0 Å². The number of nitrogens with one attached hydrogen (secondary N) is 2. The van der Waals surface area contributed by atoms with Gasteiger partial charge in [-0.3, -0.25) is 4.79 Å². The van der Waals surface area contributed by atoms with Gasteiger partial charge in [0, 0.05) is 30.4 Å². The molecule has 2 amide bonds. The van der Waals surface area contributed by atoms with Crippen molar-refractivity contribution in [1.82, 2.24) is 10.6 Å². The van der Waals surface area contributed by atoms with Crippen LogP contribution >= 0.6 is 0 Å². The van der Waals surface area contributed by atoms with Crippen LogP contribution < -0.4 is 10.6 Å². The number of nitrogens with zero attached hydrogens (tertiary/aromatic N) is 1. The van der Waals surface area contributed by atoms with Crippen molar-refractivity contribution in [3.8, 4) is 0 Å². The molecule has 3 aromatic rings. The largest absolute Gasteiger partial charge is 0.378 e. The van der Waals surface area contributed by atoms with Crippen molar-refractivity contribution in [2.75, 3.05) is 26.7 Å². The smallest absolute Gasteiger partial charge is 0.315 e. The second kappa shape index (κ2) is 14.3. The summed E-state index contributed by atoms with van der Waals surface area (Å²) in [6.07, 6.45) is 7.51. The number of aliphatic hydroxyl groups is 1. The summed E-state index contributed by atoms with van der Waals surface area (Å²) in [6, 6.07) is 24.9. The summed E-state index contributed by atoms with van der Waals surface area (Å²) in [5.41, 5.74) is 3.77. The fraction of sp³-hybridized carbons (Fsp3) is 0.487. The van der Waals surface area contributed by atoms with Crippen LogP contribution in [0.15, 0.2) is 78.9 Å². The summed E-state index contributed by atoms with van der Waals surface area (Å²) >= 11 is 0. The van der Waals surface area contributed by atoms with Gasteiger partial charge < -0.3 is 20.2 Å². The highest BCUT2D eigenvalue weighted by Crippen LogP contribution is 2.33. The number of amides is 2. The lowest BCUT2D eigenvalue weighted by Crippen LogP contribution is -2.54. The molecule has 3 aromatic carbocycles. The molecule has 1 saturated carbocycles. The molecule has 1 heterocycles. The number of hydrogen-bond donors (Lipinski definition) is 3. The van der Waals surface area contributed by atoms with Crippen LogP contribution in [0, 0.1) is 11.8 Å². The number of carbonyl (C=O) groups is 2. The quantitative estimate of drug-likeness (QED) is 0.178. The number of likely N-dealkylation sites (N-methyl/N-ethyl adjacent to an activating group) is 1. The Kier molecular flexibility index (Phi) is 10.5. The third-order valence-corrected chi connectivity index (χ3v) is 10.5. The lowest BCUT2D eigenvalue weighted by molar-refractivity contribution is -0.909. The fourth-order valence-corrected chi connectivity index (χ4v) is 7.37. The first kappa shape index (κ1) is 32.9. The third-order valence-electron chi connectivity index (χ3n) is 10.5. The van der Waals surface area contributed by atoms with Crippen LogP contribution in [0.25, 0.3) is 0 Å². The van der Waals surface area contributed by atoms with Gasteiger partial charge in [-0.15, -0.1) is 0 Å². The highest BCUT2D eigenvalue weighted by molar-refractivity contribution is 5.97. The van der Waals surface area contributed by atoms with Gasteiger partial charge in [-0.1, -0.05) is 86.6 Å². The summed E-state index contributed by atoms with van der Waals surface area (Å²) in [6.45, 7) is 9.23. The van der Waals surface area contributed by atoms with Gasteiger partial charge in [-0.25, -0.2) is 4.79 Å². The van der Waals surface area contributed by atoms with Gasteiger partial charge in [0.15, 0.2) is 5.78 Å². The van der Waals surface area contributed by atoms with Crippen LogP contribution in [-0.4, -0.2) is 60.2 Å². The van der Waals surface area contributed by atoms with E-state index < -0.39 is 11.6 Å². The molecule has 6 nitrogen and oxygen atoms in total. The van der Waals surface area contributed by atoms with Crippen LogP contribution in [0.3, 0.4) is 0 Å². The summed E-state index contributed by atoms with van der Waals surface area (Å²) in [5.74, 6) is 0.941. The topological polar surface area (TPSA) is 78.4 Å². The summed E-state index contributed by atoms with van der Waals surface area (Å²) in [5, 5.41) is 18.2. The molecule has 5 rings (SSSR count). The number of fused-ring (bicyclic) bond motifs is 1. The van der Waals surface area contributed by atoms with Crippen LogP contribution in [0.1, 0.15) is 85.5 Å². The molecular weight excluding hydrogens is 558 g/mol. The monoisotopic (exact) mass is 610 g/mol. The van der Waals surface area contributed by atoms with Gasteiger partial charge in [0.05, 0.1) is 32.7 Å². The molecule has 0 saturated heterocycles. The Morgan fingerprint density at radius 3 is 2.00 bits per heavy atom. The Balaban J connectivity index is 1.09. The number of Topliss-reactive ketones (excluding diaryl/α,β-unsaturated/α-hetero) is 1. The Hall–Kier alpha value is -3.48. The maximum atomic E-state index is 13.1. The Bertz CT molecular complexity index is 1390. The lowest BCUT2D eigenvalue weighted by Gasteiger charge is -2.37. The SMILES string of the molecule is CC(C)C(=O)c1ccc2c(c1)CC[N+](C)(CCC1CCC(NC(=O)N[C@H](C)C(O)(c3ccccc3)c3ccccc3)CC1)CC2. The number of ketones is 1. The molecule has 0 radical (unpaired) electrons. The van der Waals surface area contributed by atoms with E-state index in [0.29, 0.717) is 5.92 Å². The Labute approximate surface area is 269 Å². The standard InChI is InChI=1S/C39H51N3O3/c1-28(2)37(43)33-18-17-31-22-25-42(4,26-23-32(31)27-33)24-21-30-15-19-36(20-16-30)41-38(44)40-29(3)39(45,34-11-7-5-8-12-34)35-13-9-6-10-14-35/h5-14,17-18,27-30,36,45H,15-16,19-26H2,1-4H3,(H-,40,41,44)/p+1/t29-,30?,36?,42?/m1/s1. The van der Waals surface area contributed by atoms with Crippen LogP contribution in [-0.2, 0) is 18.4 Å². The van der Waals surface area contributed by atoms with Crippen molar-refractivity contribution in [2.45, 2.75) is 83.4 Å². The minimum Gasteiger partial charge on any atom is -0.378 e. The van der Waals surface area contributed by atoms with Crippen LogP contribution in [0.4, 0.5) is 4.79 Å². The maximum absolute atomic E-state index is 13.1. The zero-order valence-electron chi connectivity index (χ0n) is 27.6. The minimum atomic E-state index is -1.35. The van der Waals surface area contributed by atoms with Gasteiger partial charge in [0.25, 0.3) is 0 Å². The van der Waals surface area contributed by atoms with Crippen molar-refractivity contribution < 1.29 is 19.2 Å². The zero-order chi connectivity index (χ0) is 32.0. The Morgan fingerprint density at radius 2 is 1.42 bits per heavy atom. The molecule has 45 heavy (non-hydrogen) atoms. The summed E-state index contributed by atoms with van der Waals surface area (Å²) in [7, 11) is 2.40. The zero-order valence-corrected chi connectivity index (χ0v) is 27.6. The van der Waals surface area contributed by atoms with Gasteiger partial charge in [-0.05, 0) is 73.3 Å². The van der Waals surface area contributed by atoms with Crippen molar-refractivity contribution in [3.63, 3.8) is 0 Å². The molecule has 1 fully saturated rings. The summed E-state index contributed by atoms with van der Waals surface area (Å²) < 4.78 is 1.08. The molecule has 1 unspecified atom stereocenters. The molecule has 6 heteroatoms. The van der Waals surface area contributed by atoms with E-state index in [9.17, 15) is 14.7 Å². The number of carbonyl (C=O) groups excluding carboxylic acids is 2. The molecule has 2 aliphatic rings. The van der Waals surface area contributed by atoms with Crippen molar-refractivity contribution in [2.24, 2.45) is 11.8 Å². The van der Waals surface area contributed by atoms with E-state index in [2.05, 4.69) is 29.8 Å². The predicted octanol–water partition coefficient (Wildman–Crippen LogP) is 6.64. The maximum Gasteiger partial charge on any atom is 0.315 e. The summed E-state index contributed by atoms with van der Waals surface area (Å²) in [4.78, 5) is 25.7. The normalized spacial score (nSPS) is 22.6. The first-order valence-electron chi connectivity index (χ1n) is 17.0. The number of urea groups is 1. The highest BCUT2D eigenvalue weighted by atomic mass is 16.3. The van der Waals surface area contributed by atoms with E-state index in [1.807, 2.05) is 87.5 Å². The van der Waals surface area contributed by atoms with Crippen molar-refractivity contribution in [1.29, 1.82) is 0 Å². The van der Waals surface area contributed by atoms with Crippen LogP contribution in [0.2, 0.25) is 0 Å². The minimum absolute atomic E-state index is 0.0254. The van der Waals surface area contributed by atoms with Gasteiger partial charge in [-0.2, -0.15) is 0 Å². The number of quaternary nitrogens is 1. The van der Waals surface area contributed by atoms with E-state index in [-0.39, 0.29) is 23.8 Å². The van der Waals surface area contributed by atoms with Gasteiger partial charge >= 0.3 is 6.03 Å². The molecular formula is C39H52N3O3+. The number of rotatable bonds is 10. The molecule has 0 spiro atoms. The molecule has 1 aliphatic heterocycles. The van der Waals surface area contributed by atoms with E-state index in [4.69, 9.17) is 0 Å². The average Bonchev–Trinajstić information content (AvgIpc) is 3.23. The average molecular weight is 611 g/mol. The molecule has 0 bridgehead atoms. The molecule has 1 aliphatic carbocycles. The van der Waals surface area contributed by atoms with E-state index >= 15 is 0 Å². The number of hydrogen-bond acceptors (Lipinski definition) is 3. The van der Waals surface area contributed by atoms with E-state index in [1.165, 1.54) is 24.1 Å². The number of benzene rings is 3. The molecule has 3 N–H and O–H groups in total. The molecule has 2 atom stereocenters. The molecule has 0 aromatic heterocycles.